The molecule has 1 aliphatic heterocycles. The molecule has 0 atom stereocenters. The first-order valence-corrected chi connectivity index (χ1v) is 7.06. The molecule has 0 bridgehead atoms. The summed E-state index contributed by atoms with van der Waals surface area (Å²) in [5, 5.41) is 0.680. The predicted molar refractivity (Wildman–Crippen MR) is 74.9 cm³/mol. The van der Waals surface area contributed by atoms with E-state index >= 15 is 0 Å². The van der Waals surface area contributed by atoms with Crippen LogP contribution < -0.4 is 9.47 Å². The molecule has 0 radical (unpaired) electrons. The summed E-state index contributed by atoms with van der Waals surface area (Å²) in [7, 11) is 1.31. The third kappa shape index (κ3) is 3.08. The number of hydrogen-bond donors (Lipinski definition) is 0. The van der Waals surface area contributed by atoms with Crippen molar-refractivity contribution in [1.29, 1.82) is 0 Å². The van der Waals surface area contributed by atoms with Crippen LogP contribution in [0.2, 0.25) is 0 Å². The van der Waals surface area contributed by atoms with Gasteiger partial charge in [0.05, 0.1) is 19.5 Å². The van der Waals surface area contributed by atoms with Crippen LogP contribution in [0.15, 0.2) is 40.5 Å². The highest BCUT2D eigenvalue weighted by Gasteiger charge is 2.13. The van der Waals surface area contributed by atoms with E-state index < -0.39 is 5.97 Å². The third-order valence-electron chi connectivity index (χ3n) is 2.76. The molecule has 0 aliphatic carbocycles. The first kappa shape index (κ1) is 13.7. The quantitative estimate of drug-likeness (QED) is 0.805. The Labute approximate surface area is 125 Å². The maximum atomic E-state index is 11.3. The minimum atomic E-state index is -0.502. The van der Waals surface area contributed by atoms with Gasteiger partial charge < -0.3 is 14.2 Å². The number of rotatable bonds is 3. The first-order valence-electron chi connectivity index (χ1n) is 6.24. The van der Waals surface area contributed by atoms with Gasteiger partial charge in [0.1, 0.15) is 18.2 Å². The molecule has 1 aromatic heterocycles. The Hall–Kier alpha value is -2.28. The number of carbonyl (C=O) groups is 1. The number of esters is 1. The number of aromatic nitrogens is 2. The van der Waals surface area contributed by atoms with E-state index in [1.54, 1.807) is 0 Å². The van der Waals surface area contributed by atoms with Gasteiger partial charge in [0, 0.05) is 4.90 Å². The molecule has 1 aliphatic rings. The van der Waals surface area contributed by atoms with E-state index in [0.29, 0.717) is 18.2 Å². The lowest BCUT2D eigenvalue weighted by Crippen LogP contribution is -2.15. The van der Waals surface area contributed by atoms with Gasteiger partial charge in [0.25, 0.3) is 0 Å². The Morgan fingerprint density at radius 1 is 1.19 bits per heavy atom. The van der Waals surface area contributed by atoms with Gasteiger partial charge in [-0.25, -0.2) is 14.8 Å². The van der Waals surface area contributed by atoms with Gasteiger partial charge in [-0.05, 0) is 18.2 Å². The zero-order valence-corrected chi connectivity index (χ0v) is 12.1. The molecule has 0 saturated heterocycles. The molecule has 1 aromatic carbocycles. The number of carbonyl (C=O) groups excluding carboxylic acids is 1. The average molecular weight is 304 g/mol. The van der Waals surface area contributed by atoms with Gasteiger partial charge in [-0.1, -0.05) is 11.8 Å². The summed E-state index contributed by atoms with van der Waals surface area (Å²) in [4.78, 5) is 20.4. The molecule has 0 amide bonds. The van der Waals surface area contributed by atoms with Crippen LogP contribution >= 0.6 is 11.8 Å². The Morgan fingerprint density at radius 3 is 2.71 bits per heavy atom. The topological polar surface area (TPSA) is 70.5 Å². The van der Waals surface area contributed by atoms with E-state index in [9.17, 15) is 4.79 Å². The third-order valence-corrected chi connectivity index (χ3v) is 3.67. The second-order valence-electron chi connectivity index (χ2n) is 4.14. The van der Waals surface area contributed by atoms with Crippen LogP contribution in [0.1, 0.15) is 10.5 Å². The first-order chi connectivity index (χ1) is 10.3. The van der Waals surface area contributed by atoms with Gasteiger partial charge in [0.15, 0.2) is 17.2 Å². The number of hydrogen-bond acceptors (Lipinski definition) is 7. The van der Waals surface area contributed by atoms with Crippen LogP contribution in [0.25, 0.3) is 0 Å². The highest BCUT2D eigenvalue weighted by Crippen LogP contribution is 2.36. The summed E-state index contributed by atoms with van der Waals surface area (Å²) < 4.78 is 15.6. The molecule has 6 nitrogen and oxygen atoms in total. The molecule has 0 saturated carbocycles. The minimum Gasteiger partial charge on any atom is -0.486 e. The molecule has 0 N–H and O–H groups in total. The summed E-state index contributed by atoms with van der Waals surface area (Å²) >= 11 is 1.43. The zero-order chi connectivity index (χ0) is 14.7. The van der Waals surface area contributed by atoms with Crippen molar-refractivity contribution in [3.8, 4) is 11.5 Å². The number of ether oxygens (including phenoxy) is 3. The van der Waals surface area contributed by atoms with E-state index in [2.05, 4.69) is 14.7 Å². The summed E-state index contributed by atoms with van der Waals surface area (Å²) in [6.45, 7) is 1.12. The highest BCUT2D eigenvalue weighted by molar-refractivity contribution is 7.99. The Bertz CT molecular complexity index is 661. The van der Waals surface area contributed by atoms with E-state index in [4.69, 9.17) is 9.47 Å². The Balaban J connectivity index is 1.75. The fraction of sp³-hybridized carbons (Fsp3) is 0.214. The van der Waals surface area contributed by atoms with Crippen LogP contribution in [0.4, 0.5) is 0 Å². The van der Waals surface area contributed by atoms with Crippen LogP contribution in [0.5, 0.6) is 11.5 Å². The van der Waals surface area contributed by atoms with Gasteiger partial charge in [-0.3, -0.25) is 0 Å². The molecule has 2 aromatic rings. The van der Waals surface area contributed by atoms with Crippen LogP contribution in [0, 0.1) is 0 Å². The van der Waals surface area contributed by atoms with E-state index in [1.807, 2.05) is 18.2 Å². The Morgan fingerprint density at radius 2 is 2.00 bits per heavy atom. The van der Waals surface area contributed by atoms with Gasteiger partial charge in [-0.2, -0.15) is 0 Å². The number of methoxy groups -OCH3 is 1. The minimum absolute atomic E-state index is 0.184. The molecule has 2 heterocycles. The molecular weight excluding hydrogens is 292 g/mol. The maximum Gasteiger partial charge on any atom is 0.358 e. The van der Waals surface area contributed by atoms with Crippen molar-refractivity contribution in [1.82, 2.24) is 9.97 Å². The van der Waals surface area contributed by atoms with Crippen molar-refractivity contribution in [3.63, 3.8) is 0 Å². The monoisotopic (exact) mass is 304 g/mol. The smallest absolute Gasteiger partial charge is 0.358 e. The lowest BCUT2D eigenvalue weighted by atomic mass is 10.3. The molecule has 3 rings (SSSR count). The second kappa shape index (κ2) is 6.01. The maximum absolute atomic E-state index is 11.3. The zero-order valence-electron chi connectivity index (χ0n) is 11.2. The van der Waals surface area contributed by atoms with Crippen molar-refractivity contribution in [2.45, 2.75) is 9.92 Å². The normalized spacial score (nSPS) is 12.8. The molecule has 21 heavy (non-hydrogen) atoms. The molecular formula is C14H12N2O4S. The van der Waals surface area contributed by atoms with Crippen LogP contribution in [0.3, 0.4) is 0 Å². The summed E-state index contributed by atoms with van der Waals surface area (Å²) in [5.74, 6) is 0.974. The molecule has 108 valence electrons. The van der Waals surface area contributed by atoms with Crippen molar-refractivity contribution in [2.24, 2.45) is 0 Å². The molecule has 0 unspecified atom stereocenters. The SMILES string of the molecule is COC(=O)c1cnc(Sc2ccc3c(c2)OCCO3)cn1. The summed E-state index contributed by atoms with van der Waals surface area (Å²) in [5.41, 5.74) is 0.184. The largest absolute Gasteiger partial charge is 0.486 e. The van der Waals surface area contributed by atoms with Gasteiger partial charge in [0.2, 0.25) is 0 Å². The van der Waals surface area contributed by atoms with Crippen LogP contribution in [-0.2, 0) is 4.74 Å². The summed E-state index contributed by atoms with van der Waals surface area (Å²) in [6.07, 6.45) is 2.93. The Kier molecular flexibility index (Phi) is 3.92. The number of benzene rings is 1. The predicted octanol–water partition coefficient (Wildman–Crippen LogP) is 2.19. The average Bonchev–Trinajstić information content (AvgIpc) is 2.55. The van der Waals surface area contributed by atoms with Crippen molar-refractivity contribution in [2.75, 3.05) is 20.3 Å². The standard InChI is InChI=1S/C14H12N2O4S/c1-18-14(17)10-7-16-13(8-15-10)21-9-2-3-11-12(6-9)20-5-4-19-11/h2-3,6-8H,4-5H2,1H3. The number of nitrogens with zero attached hydrogens (tertiary/aromatic N) is 2. The fourth-order valence-corrected chi connectivity index (χ4v) is 2.54. The second-order valence-corrected chi connectivity index (χ2v) is 5.23. The molecule has 7 heteroatoms. The fourth-order valence-electron chi connectivity index (χ4n) is 1.79. The van der Waals surface area contributed by atoms with Crippen molar-refractivity contribution >= 4 is 17.7 Å². The van der Waals surface area contributed by atoms with Crippen molar-refractivity contribution in [3.05, 3.63) is 36.3 Å². The number of fused-ring (bicyclic) bond motifs is 1. The van der Waals surface area contributed by atoms with E-state index in [1.165, 1.54) is 31.3 Å². The van der Waals surface area contributed by atoms with Gasteiger partial charge >= 0.3 is 5.97 Å². The van der Waals surface area contributed by atoms with E-state index in [-0.39, 0.29) is 5.69 Å². The molecule has 0 spiro atoms. The van der Waals surface area contributed by atoms with Gasteiger partial charge in [-0.15, -0.1) is 0 Å². The van der Waals surface area contributed by atoms with Crippen LogP contribution in [-0.4, -0.2) is 36.3 Å². The molecule has 0 fully saturated rings. The van der Waals surface area contributed by atoms with Crippen molar-refractivity contribution < 1.29 is 19.0 Å². The lowest BCUT2D eigenvalue weighted by Gasteiger charge is -2.18. The van der Waals surface area contributed by atoms with E-state index in [0.717, 1.165) is 16.4 Å². The summed E-state index contributed by atoms with van der Waals surface area (Å²) in [6, 6.07) is 5.69. The highest BCUT2D eigenvalue weighted by atomic mass is 32.2. The lowest BCUT2D eigenvalue weighted by molar-refractivity contribution is 0.0593.